The highest BCUT2D eigenvalue weighted by Gasteiger charge is 2.54. The summed E-state index contributed by atoms with van der Waals surface area (Å²) in [6.45, 7) is 1.95. The first-order valence-corrected chi connectivity index (χ1v) is 11.9. The zero-order valence-electron chi connectivity index (χ0n) is 18.9. The molecule has 2 heterocycles. The Kier molecular flexibility index (Phi) is 6.00. The van der Waals surface area contributed by atoms with Crippen molar-refractivity contribution in [1.82, 2.24) is 4.98 Å². The molecule has 180 valence electrons. The summed E-state index contributed by atoms with van der Waals surface area (Å²) >= 11 is 0. The predicted molar refractivity (Wildman–Crippen MR) is 121 cm³/mol. The van der Waals surface area contributed by atoms with E-state index in [-0.39, 0.29) is 35.9 Å². The topological polar surface area (TPSA) is 59.4 Å². The van der Waals surface area contributed by atoms with E-state index in [1.165, 1.54) is 6.07 Å². The number of esters is 1. The molecule has 1 aromatic heterocycles. The number of benzene rings is 1. The lowest BCUT2D eigenvalue weighted by molar-refractivity contribution is -0.144. The molecule has 0 bridgehead atoms. The van der Waals surface area contributed by atoms with Crippen molar-refractivity contribution in [3.8, 4) is 11.1 Å². The molecular weight excluding hydrogens is 443 g/mol. The summed E-state index contributed by atoms with van der Waals surface area (Å²) in [5, 5.41) is 10.3. The number of aliphatic hydroxyl groups is 1. The number of nitrogens with zero attached hydrogens (tertiary/aromatic N) is 1. The molecule has 3 aliphatic rings. The molecular formula is C27H28F3NO3. The monoisotopic (exact) mass is 471 g/mol. The zero-order chi connectivity index (χ0) is 24.0. The van der Waals surface area contributed by atoms with Crippen LogP contribution in [0.2, 0.25) is 0 Å². The van der Waals surface area contributed by atoms with Gasteiger partial charge in [-0.05, 0) is 80.2 Å². The molecule has 7 atom stereocenters. The molecule has 0 amide bonds. The van der Waals surface area contributed by atoms with E-state index in [2.05, 4.69) is 11.1 Å². The fourth-order valence-electron chi connectivity index (χ4n) is 6.32. The standard InChI is InChI=1S/C27H28F3NO3/c1-15-25-22(23-13-21(32)9-6-17(23)12-24(25)26(33)34-15)10-8-20-7-5-18(14-31-20)16-3-2-4-19(11-16)27(28,29)30/h2-5,7-8,10-11,14-15,17,21-25,32H,6,9,12-13H2,1H3/b10-8+/t15?,17?,21?,22-,23?,24?,25?/m0/s1. The van der Waals surface area contributed by atoms with E-state index >= 15 is 0 Å². The van der Waals surface area contributed by atoms with Crippen LogP contribution in [0.15, 0.2) is 48.7 Å². The van der Waals surface area contributed by atoms with Crippen molar-refractivity contribution >= 4 is 12.0 Å². The van der Waals surface area contributed by atoms with Gasteiger partial charge in [0.05, 0.1) is 23.3 Å². The van der Waals surface area contributed by atoms with Gasteiger partial charge in [0.1, 0.15) is 6.10 Å². The second-order valence-corrected chi connectivity index (χ2v) is 9.94. The molecule has 2 aliphatic carbocycles. The molecule has 1 saturated heterocycles. The van der Waals surface area contributed by atoms with Crippen molar-refractivity contribution in [1.29, 1.82) is 0 Å². The van der Waals surface area contributed by atoms with E-state index in [0.29, 0.717) is 28.7 Å². The number of hydrogen-bond donors (Lipinski definition) is 1. The van der Waals surface area contributed by atoms with Crippen LogP contribution in [0.1, 0.15) is 43.9 Å². The van der Waals surface area contributed by atoms with Crippen LogP contribution < -0.4 is 0 Å². The van der Waals surface area contributed by atoms with Gasteiger partial charge in [-0.3, -0.25) is 9.78 Å². The number of rotatable bonds is 3. The number of aromatic nitrogens is 1. The minimum atomic E-state index is -4.39. The summed E-state index contributed by atoms with van der Waals surface area (Å²) in [7, 11) is 0. The third kappa shape index (κ3) is 4.38. The van der Waals surface area contributed by atoms with Crippen molar-refractivity contribution in [3.63, 3.8) is 0 Å². The number of carbonyl (C=O) groups excluding carboxylic acids is 1. The van der Waals surface area contributed by atoms with Crippen molar-refractivity contribution in [2.24, 2.45) is 29.6 Å². The fourth-order valence-corrected chi connectivity index (χ4v) is 6.32. The van der Waals surface area contributed by atoms with Gasteiger partial charge in [0.2, 0.25) is 0 Å². The molecule has 2 aromatic rings. The molecule has 1 N–H and O–H groups in total. The largest absolute Gasteiger partial charge is 0.462 e. The molecule has 1 aliphatic heterocycles. The van der Waals surface area contributed by atoms with Crippen LogP contribution in [0, 0.1) is 29.6 Å². The van der Waals surface area contributed by atoms with E-state index < -0.39 is 11.7 Å². The number of ether oxygens (including phenoxy) is 1. The predicted octanol–water partition coefficient (Wildman–Crippen LogP) is 5.76. The zero-order valence-corrected chi connectivity index (χ0v) is 18.9. The van der Waals surface area contributed by atoms with Crippen molar-refractivity contribution in [2.75, 3.05) is 0 Å². The Bertz CT molecular complexity index is 1080. The Morgan fingerprint density at radius 3 is 2.68 bits per heavy atom. The van der Waals surface area contributed by atoms with Crippen molar-refractivity contribution in [3.05, 3.63) is 59.9 Å². The third-order valence-corrected chi connectivity index (χ3v) is 7.93. The Balaban J connectivity index is 1.38. The SMILES string of the molecule is CC1OC(=O)C2CC3CCC(O)CC3[C@H](/C=C/c3ccc(-c4cccc(C(F)(F)F)c4)cn3)C12. The van der Waals surface area contributed by atoms with Gasteiger partial charge in [-0.2, -0.15) is 13.2 Å². The quantitative estimate of drug-likeness (QED) is 0.579. The van der Waals surface area contributed by atoms with Crippen LogP contribution in [0.4, 0.5) is 13.2 Å². The highest BCUT2D eigenvalue weighted by atomic mass is 19.4. The second-order valence-electron chi connectivity index (χ2n) is 9.94. The Hall–Kier alpha value is -2.67. The van der Waals surface area contributed by atoms with Crippen LogP contribution >= 0.6 is 0 Å². The molecule has 6 unspecified atom stereocenters. The van der Waals surface area contributed by atoms with Crippen molar-refractivity contribution in [2.45, 2.75) is 51.0 Å². The van der Waals surface area contributed by atoms with Gasteiger partial charge < -0.3 is 9.84 Å². The van der Waals surface area contributed by atoms with E-state index in [9.17, 15) is 23.1 Å². The van der Waals surface area contributed by atoms with Gasteiger partial charge in [-0.1, -0.05) is 24.3 Å². The summed E-state index contributed by atoms with van der Waals surface area (Å²) < 4.78 is 44.7. The molecule has 4 nitrogen and oxygen atoms in total. The third-order valence-electron chi connectivity index (χ3n) is 7.93. The minimum Gasteiger partial charge on any atom is -0.462 e. The van der Waals surface area contributed by atoms with Gasteiger partial charge in [0.25, 0.3) is 0 Å². The molecule has 5 rings (SSSR count). The Morgan fingerprint density at radius 1 is 1.12 bits per heavy atom. The Morgan fingerprint density at radius 2 is 1.94 bits per heavy atom. The van der Waals surface area contributed by atoms with Crippen LogP contribution in [-0.4, -0.2) is 28.3 Å². The minimum absolute atomic E-state index is 0.0830. The second kappa shape index (κ2) is 8.84. The van der Waals surface area contributed by atoms with E-state index in [4.69, 9.17) is 4.74 Å². The summed E-state index contributed by atoms with van der Waals surface area (Å²) in [6.07, 6.45) is 4.01. The Labute approximate surface area is 196 Å². The number of aliphatic hydroxyl groups excluding tert-OH is 1. The number of pyridine rings is 1. The normalized spacial score (nSPS) is 33.4. The number of halogens is 3. The van der Waals surface area contributed by atoms with Gasteiger partial charge >= 0.3 is 12.1 Å². The van der Waals surface area contributed by atoms with E-state index in [1.54, 1.807) is 24.4 Å². The number of alkyl halides is 3. The highest BCUT2D eigenvalue weighted by molar-refractivity contribution is 5.75. The molecule has 0 radical (unpaired) electrons. The molecule has 2 saturated carbocycles. The van der Waals surface area contributed by atoms with Crippen molar-refractivity contribution < 1.29 is 27.8 Å². The lowest BCUT2D eigenvalue weighted by Crippen LogP contribution is -2.45. The van der Waals surface area contributed by atoms with Gasteiger partial charge in [0, 0.05) is 17.7 Å². The first-order chi connectivity index (χ1) is 16.2. The van der Waals surface area contributed by atoms with E-state index in [0.717, 1.165) is 37.8 Å². The fraction of sp³-hybridized carbons (Fsp3) is 0.481. The maximum Gasteiger partial charge on any atom is 0.416 e. The van der Waals surface area contributed by atoms with Crippen LogP contribution in [0.3, 0.4) is 0 Å². The maximum absolute atomic E-state index is 13.0. The number of carbonyl (C=O) groups is 1. The summed E-state index contributed by atoms with van der Waals surface area (Å²) in [5.41, 5.74) is 1.08. The number of cyclic esters (lactones) is 1. The molecule has 1 aromatic carbocycles. The first kappa shape index (κ1) is 23.1. The summed E-state index contributed by atoms with van der Waals surface area (Å²) in [4.78, 5) is 16.9. The smallest absolute Gasteiger partial charge is 0.416 e. The van der Waals surface area contributed by atoms with Crippen LogP contribution in [0.5, 0.6) is 0 Å². The maximum atomic E-state index is 13.0. The number of hydrogen-bond acceptors (Lipinski definition) is 4. The van der Waals surface area contributed by atoms with Gasteiger partial charge in [0.15, 0.2) is 0 Å². The number of fused-ring (bicyclic) bond motifs is 2. The highest BCUT2D eigenvalue weighted by Crippen LogP contribution is 2.53. The number of allylic oxidation sites excluding steroid dienone is 1. The van der Waals surface area contributed by atoms with E-state index in [1.807, 2.05) is 13.0 Å². The summed E-state index contributed by atoms with van der Waals surface area (Å²) in [6, 6.07) is 8.77. The summed E-state index contributed by atoms with van der Waals surface area (Å²) in [5.74, 6) is 0.669. The van der Waals surface area contributed by atoms with Crippen LogP contribution in [0.25, 0.3) is 17.2 Å². The van der Waals surface area contributed by atoms with Gasteiger partial charge in [-0.25, -0.2) is 0 Å². The average molecular weight is 472 g/mol. The molecule has 7 heteroatoms. The molecule has 34 heavy (non-hydrogen) atoms. The first-order valence-electron chi connectivity index (χ1n) is 11.9. The molecule has 0 spiro atoms. The van der Waals surface area contributed by atoms with Crippen LogP contribution in [-0.2, 0) is 15.7 Å². The average Bonchev–Trinajstić information content (AvgIpc) is 3.10. The lowest BCUT2D eigenvalue weighted by atomic mass is 9.57. The van der Waals surface area contributed by atoms with Gasteiger partial charge in [-0.15, -0.1) is 0 Å². The lowest BCUT2D eigenvalue weighted by Gasteiger charge is -2.46. The molecule has 3 fully saturated rings.